The molecule has 1 atom stereocenters. The van der Waals surface area contributed by atoms with E-state index in [-0.39, 0.29) is 0 Å². The van der Waals surface area contributed by atoms with Gasteiger partial charge in [-0.25, -0.2) is 9.97 Å². The van der Waals surface area contributed by atoms with Crippen LogP contribution in [0.25, 0.3) is 0 Å². The Morgan fingerprint density at radius 1 is 1.50 bits per heavy atom. The van der Waals surface area contributed by atoms with Gasteiger partial charge in [-0.2, -0.15) is 0 Å². The van der Waals surface area contributed by atoms with Gasteiger partial charge < -0.3 is 4.90 Å². The quantitative estimate of drug-likeness (QED) is 0.814. The van der Waals surface area contributed by atoms with Crippen molar-refractivity contribution in [3.05, 3.63) is 16.9 Å². The average Bonchev–Trinajstić information content (AvgIpc) is 2.67. The Labute approximate surface area is 92.7 Å². The zero-order valence-electron chi connectivity index (χ0n) is 8.28. The van der Waals surface area contributed by atoms with Crippen molar-refractivity contribution in [1.29, 1.82) is 0 Å². The SMILES string of the molecule is CCC1CCCN1c1ncc(Br)cn1. The maximum atomic E-state index is 4.33. The molecule has 0 spiro atoms. The standard InChI is InChI=1S/C10H14BrN3/c1-2-9-4-3-5-14(9)10-12-6-8(11)7-13-10/h6-7,9H,2-5H2,1H3. The van der Waals surface area contributed by atoms with Crippen molar-refractivity contribution in [3.8, 4) is 0 Å². The van der Waals surface area contributed by atoms with Crippen LogP contribution in [0.2, 0.25) is 0 Å². The zero-order valence-corrected chi connectivity index (χ0v) is 9.87. The smallest absolute Gasteiger partial charge is 0.225 e. The van der Waals surface area contributed by atoms with E-state index in [1.165, 1.54) is 19.3 Å². The molecule has 2 rings (SSSR count). The minimum absolute atomic E-state index is 0.635. The van der Waals surface area contributed by atoms with E-state index in [9.17, 15) is 0 Å². The minimum atomic E-state index is 0.635. The number of hydrogen-bond donors (Lipinski definition) is 0. The Balaban J connectivity index is 2.17. The number of nitrogens with zero attached hydrogens (tertiary/aromatic N) is 3. The van der Waals surface area contributed by atoms with Crippen molar-refractivity contribution < 1.29 is 0 Å². The van der Waals surface area contributed by atoms with Gasteiger partial charge in [0, 0.05) is 25.0 Å². The van der Waals surface area contributed by atoms with Crippen molar-refractivity contribution in [2.45, 2.75) is 32.2 Å². The van der Waals surface area contributed by atoms with Crippen LogP contribution in [0.15, 0.2) is 16.9 Å². The fourth-order valence-corrected chi connectivity index (χ4v) is 2.18. The van der Waals surface area contributed by atoms with E-state index < -0.39 is 0 Å². The number of hydrogen-bond acceptors (Lipinski definition) is 3. The summed E-state index contributed by atoms with van der Waals surface area (Å²) in [5.41, 5.74) is 0. The molecule has 0 amide bonds. The van der Waals surface area contributed by atoms with E-state index in [4.69, 9.17) is 0 Å². The molecular formula is C10H14BrN3. The van der Waals surface area contributed by atoms with E-state index in [0.717, 1.165) is 17.0 Å². The van der Waals surface area contributed by atoms with Crippen molar-refractivity contribution in [1.82, 2.24) is 9.97 Å². The van der Waals surface area contributed by atoms with Crippen LogP contribution in [0, 0.1) is 0 Å². The second kappa shape index (κ2) is 4.26. The molecule has 0 radical (unpaired) electrons. The second-order valence-electron chi connectivity index (χ2n) is 3.60. The number of rotatable bonds is 2. The molecule has 1 aromatic heterocycles. The molecule has 1 aromatic rings. The average molecular weight is 256 g/mol. The van der Waals surface area contributed by atoms with Crippen LogP contribution >= 0.6 is 15.9 Å². The highest BCUT2D eigenvalue weighted by Gasteiger charge is 2.24. The van der Waals surface area contributed by atoms with Crippen LogP contribution in [0.4, 0.5) is 5.95 Å². The van der Waals surface area contributed by atoms with E-state index in [0.29, 0.717) is 6.04 Å². The summed E-state index contributed by atoms with van der Waals surface area (Å²) >= 11 is 3.34. The van der Waals surface area contributed by atoms with Crippen molar-refractivity contribution in [2.24, 2.45) is 0 Å². The van der Waals surface area contributed by atoms with Gasteiger partial charge in [-0.05, 0) is 35.2 Å². The lowest BCUT2D eigenvalue weighted by Gasteiger charge is -2.23. The summed E-state index contributed by atoms with van der Waals surface area (Å²) < 4.78 is 0.938. The molecule has 1 unspecified atom stereocenters. The van der Waals surface area contributed by atoms with Gasteiger partial charge in [-0.3, -0.25) is 0 Å². The lowest BCUT2D eigenvalue weighted by molar-refractivity contribution is 0.634. The predicted molar refractivity (Wildman–Crippen MR) is 60.4 cm³/mol. The number of anilines is 1. The Kier molecular flexibility index (Phi) is 3.01. The Morgan fingerprint density at radius 2 is 2.21 bits per heavy atom. The molecular weight excluding hydrogens is 242 g/mol. The highest BCUT2D eigenvalue weighted by Crippen LogP contribution is 2.24. The third-order valence-corrected chi connectivity index (χ3v) is 3.12. The third-order valence-electron chi connectivity index (χ3n) is 2.71. The molecule has 0 bridgehead atoms. The summed E-state index contributed by atoms with van der Waals surface area (Å²) in [7, 11) is 0. The van der Waals surface area contributed by atoms with Crippen molar-refractivity contribution in [3.63, 3.8) is 0 Å². The second-order valence-corrected chi connectivity index (χ2v) is 4.51. The molecule has 2 heterocycles. The zero-order chi connectivity index (χ0) is 9.97. The van der Waals surface area contributed by atoms with E-state index in [1.54, 1.807) is 0 Å². The highest BCUT2D eigenvalue weighted by molar-refractivity contribution is 9.10. The molecule has 1 aliphatic heterocycles. The van der Waals surface area contributed by atoms with Gasteiger partial charge in [0.15, 0.2) is 0 Å². The molecule has 3 nitrogen and oxygen atoms in total. The van der Waals surface area contributed by atoms with Gasteiger partial charge in [0.1, 0.15) is 0 Å². The van der Waals surface area contributed by atoms with E-state index >= 15 is 0 Å². The Morgan fingerprint density at radius 3 is 2.86 bits per heavy atom. The summed E-state index contributed by atoms with van der Waals surface area (Å²) in [6.07, 6.45) is 7.34. The van der Waals surface area contributed by atoms with Crippen LogP contribution in [-0.2, 0) is 0 Å². The highest BCUT2D eigenvalue weighted by atomic mass is 79.9. The molecule has 1 saturated heterocycles. The fourth-order valence-electron chi connectivity index (χ4n) is 1.98. The Hall–Kier alpha value is -0.640. The molecule has 4 heteroatoms. The topological polar surface area (TPSA) is 29.0 Å². The van der Waals surface area contributed by atoms with Crippen molar-refractivity contribution >= 4 is 21.9 Å². The van der Waals surface area contributed by atoms with Gasteiger partial charge in [0.05, 0.1) is 4.47 Å². The fraction of sp³-hybridized carbons (Fsp3) is 0.600. The maximum absolute atomic E-state index is 4.33. The van der Waals surface area contributed by atoms with Crippen LogP contribution in [0.1, 0.15) is 26.2 Å². The molecule has 14 heavy (non-hydrogen) atoms. The largest absolute Gasteiger partial charge is 0.338 e. The summed E-state index contributed by atoms with van der Waals surface area (Å²) in [5.74, 6) is 0.873. The third kappa shape index (κ3) is 1.90. The monoisotopic (exact) mass is 255 g/mol. The lowest BCUT2D eigenvalue weighted by atomic mass is 10.2. The van der Waals surface area contributed by atoms with Gasteiger partial charge in [0.25, 0.3) is 0 Å². The summed E-state index contributed by atoms with van der Waals surface area (Å²) in [5, 5.41) is 0. The first kappa shape index (κ1) is 9.90. The first-order chi connectivity index (χ1) is 6.81. The molecule has 0 aromatic carbocycles. The molecule has 0 aliphatic carbocycles. The number of aromatic nitrogens is 2. The van der Waals surface area contributed by atoms with Crippen LogP contribution < -0.4 is 4.90 Å². The normalized spacial score (nSPS) is 21.6. The van der Waals surface area contributed by atoms with Crippen LogP contribution in [0.3, 0.4) is 0 Å². The van der Waals surface area contributed by atoms with Gasteiger partial charge >= 0.3 is 0 Å². The molecule has 0 N–H and O–H groups in total. The van der Waals surface area contributed by atoms with E-state index in [1.807, 2.05) is 12.4 Å². The van der Waals surface area contributed by atoms with Gasteiger partial charge in [-0.1, -0.05) is 6.92 Å². The molecule has 1 aliphatic rings. The molecule has 0 saturated carbocycles. The number of halogens is 1. The summed E-state index contributed by atoms with van der Waals surface area (Å²) in [6, 6.07) is 0.635. The first-order valence-corrected chi connectivity index (χ1v) is 5.84. The van der Waals surface area contributed by atoms with Gasteiger partial charge in [0.2, 0.25) is 5.95 Å². The van der Waals surface area contributed by atoms with Gasteiger partial charge in [-0.15, -0.1) is 0 Å². The minimum Gasteiger partial charge on any atom is -0.338 e. The van der Waals surface area contributed by atoms with E-state index in [2.05, 4.69) is 37.7 Å². The summed E-state index contributed by atoms with van der Waals surface area (Å²) in [6.45, 7) is 3.32. The van der Waals surface area contributed by atoms with Crippen LogP contribution in [0.5, 0.6) is 0 Å². The summed E-state index contributed by atoms with van der Waals surface area (Å²) in [4.78, 5) is 11.0. The Bertz CT molecular complexity index is 299. The van der Waals surface area contributed by atoms with Crippen molar-refractivity contribution in [2.75, 3.05) is 11.4 Å². The predicted octanol–water partition coefficient (Wildman–Crippen LogP) is 2.62. The molecule has 76 valence electrons. The van der Waals surface area contributed by atoms with Crippen LogP contribution in [-0.4, -0.2) is 22.6 Å². The molecule has 1 fully saturated rings. The maximum Gasteiger partial charge on any atom is 0.225 e. The first-order valence-electron chi connectivity index (χ1n) is 5.05. The lowest BCUT2D eigenvalue weighted by Crippen LogP contribution is -2.29.